The zero-order valence-electron chi connectivity index (χ0n) is 9.54. The Kier molecular flexibility index (Phi) is 3.43. The first-order chi connectivity index (χ1) is 9.00. The first kappa shape index (κ1) is 13.0. The van der Waals surface area contributed by atoms with Crippen molar-refractivity contribution >= 4 is 28.8 Å². The molecule has 1 aromatic heterocycles. The average molecular weight is 278 g/mol. The Bertz CT molecular complexity index is 673. The van der Waals surface area contributed by atoms with Gasteiger partial charge < -0.3 is 5.73 Å². The Labute approximate surface area is 113 Å². The normalized spacial score (nSPS) is 10.2. The maximum absolute atomic E-state index is 12.3. The van der Waals surface area contributed by atoms with Crippen LogP contribution in [0.4, 0.5) is 11.4 Å². The van der Waals surface area contributed by atoms with Gasteiger partial charge in [-0.15, -0.1) is 0 Å². The fourth-order valence-electron chi connectivity index (χ4n) is 1.61. The van der Waals surface area contributed by atoms with Crippen molar-refractivity contribution in [2.45, 2.75) is 0 Å². The zero-order valence-corrected chi connectivity index (χ0v) is 10.3. The molecule has 7 heteroatoms. The van der Waals surface area contributed by atoms with E-state index < -0.39 is 10.7 Å². The number of nitrogens with two attached hydrogens (primary N) is 1. The van der Waals surface area contributed by atoms with Gasteiger partial charge in [-0.1, -0.05) is 11.6 Å². The molecule has 19 heavy (non-hydrogen) atoms. The molecule has 0 fully saturated rings. The number of nitrogen functional groups attached to an aromatic ring is 1. The van der Waals surface area contributed by atoms with Crippen molar-refractivity contribution in [1.82, 2.24) is 4.98 Å². The number of anilines is 1. The van der Waals surface area contributed by atoms with Gasteiger partial charge in [-0.3, -0.25) is 19.9 Å². The van der Waals surface area contributed by atoms with Crippen LogP contribution >= 0.6 is 11.6 Å². The van der Waals surface area contributed by atoms with Gasteiger partial charge in [0.1, 0.15) is 5.56 Å². The minimum atomic E-state index is -0.638. The first-order valence-electron chi connectivity index (χ1n) is 5.19. The highest BCUT2D eigenvalue weighted by atomic mass is 35.5. The lowest BCUT2D eigenvalue weighted by atomic mass is 10.0. The van der Waals surface area contributed by atoms with Crippen molar-refractivity contribution in [2.24, 2.45) is 0 Å². The minimum absolute atomic E-state index is 0.101. The zero-order chi connectivity index (χ0) is 14.0. The SMILES string of the molecule is Nc1cnccc1C(=O)c1cc(Cl)ccc1[N+](=O)[O-]. The number of ketones is 1. The van der Waals surface area contributed by atoms with Gasteiger partial charge in [0.2, 0.25) is 5.78 Å². The van der Waals surface area contributed by atoms with Crippen LogP contribution in [0.15, 0.2) is 36.7 Å². The highest BCUT2D eigenvalue weighted by Gasteiger charge is 2.22. The molecule has 0 saturated heterocycles. The van der Waals surface area contributed by atoms with Crippen LogP contribution in [-0.2, 0) is 0 Å². The van der Waals surface area contributed by atoms with Crippen LogP contribution in [0.3, 0.4) is 0 Å². The van der Waals surface area contributed by atoms with Crippen LogP contribution in [0.25, 0.3) is 0 Å². The summed E-state index contributed by atoms with van der Waals surface area (Å²) >= 11 is 5.77. The third-order valence-corrected chi connectivity index (χ3v) is 2.73. The Hall–Kier alpha value is -2.47. The summed E-state index contributed by atoms with van der Waals surface area (Å²) in [6.45, 7) is 0. The number of carbonyl (C=O) groups is 1. The number of nitrogens with zero attached hydrogens (tertiary/aromatic N) is 2. The van der Waals surface area contributed by atoms with Gasteiger partial charge in [0.15, 0.2) is 0 Å². The highest BCUT2D eigenvalue weighted by Crippen LogP contribution is 2.26. The molecule has 96 valence electrons. The summed E-state index contributed by atoms with van der Waals surface area (Å²) in [5.41, 5.74) is 5.53. The number of hydrogen-bond acceptors (Lipinski definition) is 5. The number of benzene rings is 1. The molecule has 0 atom stereocenters. The molecule has 0 saturated carbocycles. The Morgan fingerprint density at radius 3 is 2.68 bits per heavy atom. The lowest BCUT2D eigenvalue weighted by Crippen LogP contribution is -2.08. The molecule has 2 aromatic rings. The maximum atomic E-state index is 12.3. The number of halogens is 1. The maximum Gasteiger partial charge on any atom is 0.280 e. The van der Waals surface area contributed by atoms with Crippen LogP contribution in [0.1, 0.15) is 15.9 Å². The van der Waals surface area contributed by atoms with E-state index in [0.717, 1.165) is 0 Å². The summed E-state index contributed by atoms with van der Waals surface area (Å²) in [5, 5.41) is 11.2. The summed E-state index contributed by atoms with van der Waals surface area (Å²) in [6.07, 6.45) is 2.70. The number of aromatic nitrogens is 1. The molecule has 1 heterocycles. The van der Waals surface area contributed by atoms with Gasteiger partial charge in [-0.05, 0) is 18.2 Å². The van der Waals surface area contributed by atoms with Gasteiger partial charge in [0.05, 0.1) is 16.8 Å². The Morgan fingerprint density at radius 1 is 1.32 bits per heavy atom. The molecule has 0 amide bonds. The molecule has 2 N–H and O–H groups in total. The Balaban J connectivity index is 2.59. The van der Waals surface area contributed by atoms with Crippen molar-refractivity contribution in [3.05, 3.63) is 62.9 Å². The molecule has 0 aliphatic heterocycles. The fraction of sp³-hybridized carbons (Fsp3) is 0. The van der Waals surface area contributed by atoms with E-state index in [0.29, 0.717) is 0 Å². The molecule has 6 nitrogen and oxygen atoms in total. The van der Waals surface area contributed by atoms with Gasteiger partial charge in [-0.25, -0.2) is 0 Å². The largest absolute Gasteiger partial charge is 0.397 e. The molecule has 0 bridgehead atoms. The smallest absolute Gasteiger partial charge is 0.280 e. The van der Waals surface area contributed by atoms with Gasteiger partial charge >= 0.3 is 0 Å². The van der Waals surface area contributed by atoms with Crippen molar-refractivity contribution in [2.75, 3.05) is 5.73 Å². The standard InChI is InChI=1S/C12H8ClN3O3/c13-7-1-2-11(16(18)19)9(5-7)12(17)8-3-4-15-6-10(8)14/h1-6H,14H2. The third-order valence-electron chi connectivity index (χ3n) is 2.50. The molecule has 2 rings (SSSR count). The number of nitro groups is 1. The van der Waals surface area contributed by atoms with Crippen molar-refractivity contribution in [1.29, 1.82) is 0 Å². The van der Waals surface area contributed by atoms with Crippen LogP contribution in [0, 0.1) is 10.1 Å². The summed E-state index contributed by atoms with van der Waals surface area (Å²) in [5.74, 6) is -0.561. The minimum Gasteiger partial charge on any atom is -0.397 e. The lowest BCUT2D eigenvalue weighted by molar-refractivity contribution is -0.385. The highest BCUT2D eigenvalue weighted by molar-refractivity contribution is 6.31. The van der Waals surface area contributed by atoms with Gasteiger partial charge in [0.25, 0.3) is 5.69 Å². The van der Waals surface area contributed by atoms with E-state index in [2.05, 4.69) is 4.98 Å². The lowest BCUT2D eigenvalue weighted by Gasteiger charge is -2.05. The second-order valence-electron chi connectivity index (χ2n) is 3.71. The number of nitro benzene ring substituents is 1. The number of carbonyl (C=O) groups excluding carboxylic acids is 1. The second kappa shape index (κ2) is 5.03. The summed E-state index contributed by atoms with van der Waals surface area (Å²) in [7, 11) is 0. The number of hydrogen-bond donors (Lipinski definition) is 1. The average Bonchev–Trinajstić information content (AvgIpc) is 2.38. The second-order valence-corrected chi connectivity index (χ2v) is 4.15. The van der Waals surface area contributed by atoms with Crippen LogP contribution < -0.4 is 5.73 Å². The van der Waals surface area contributed by atoms with E-state index in [4.69, 9.17) is 17.3 Å². The summed E-state index contributed by atoms with van der Waals surface area (Å²) in [6, 6.07) is 5.20. The van der Waals surface area contributed by atoms with E-state index in [-0.39, 0.29) is 27.5 Å². The third kappa shape index (κ3) is 2.53. The van der Waals surface area contributed by atoms with Gasteiger partial charge in [0, 0.05) is 22.8 Å². The summed E-state index contributed by atoms with van der Waals surface area (Å²) < 4.78 is 0. The predicted octanol–water partition coefficient (Wildman–Crippen LogP) is 2.46. The van der Waals surface area contributed by atoms with Crippen LogP contribution in [0.5, 0.6) is 0 Å². The first-order valence-corrected chi connectivity index (χ1v) is 5.56. The monoisotopic (exact) mass is 277 g/mol. The summed E-state index contributed by atoms with van der Waals surface area (Å²) in [4.78, 5) is 26.3. The molecule has 0 aliphatic carbocycles. The molecule has 1 aromatic carbocycles. The van der Waals surface area contributed by atoms with E-state index >= 15 is 0 Å². The number of pyridine rings is 1. The van der Waals surface area contributed by atoms with Crippen molar-refractivity contribution < 1.29 is 9.72 Å². The van der Waals surface area contributed by atoms with E-state index in [1.54, 1.807) is 0 Å². The fourth-order valence-corrected chi connectivity index (χ4v) is 1.78. The van der Waals surface area contributed by atoms with E-state index in [1.165, 1.54) is 36.7 Å². The molecule has 0 aliphatic rings. The molecule has 0 spiro atoms. The Morgan fingerprint density at radius 2 is 2.05 bits per heavy atom. The molecule has 0 radical (unpaired) electrons. The predicted molar refractivity (Wildman–Crippen MR) is 70.2 cm³/mol. The van der Waals surface area contributed by atoms with E-state index in [9.17, 15) is 14.9 Å². The van der Waals surface area contributed by atoms with E-state index in [1.807, 2.05) is 0 Å². The van der Waals surface area contributed by atoms with Crippen molar-refractivity contribution in [3.8, 4) is 0 Å². The topological polar surface area (TPSA) is 99.1 Å². The van der Waals surface area contributed by atoms with Gasteiger partial charge in [-0.2, -0.15) is 0 Å². The molecular formula is C12H8ClN3O3. The number of rotatable bonds is 3. The van der Waals surface area contributed by atoms with Crippen LogP contribution in [-0.4, -0.2) is 15.7 Å². The van der Waals surface area contributed by atoms with Crippen LogP contribution in [0.2, 0.25) is 5.02 Å². The van der Waals surface area contributed by atoms with Crippen molar-refractivity contribution in [3.63, 3.8) is 0 Å². The quantitative estimate of drug-likeness (QED) is 0.528. The molecular weight excluding hydrogens is 270 g/mol. The molecule has 0 unspecified atom stereocenters.